The quantitative estimate of drug-likeness (QED) is 0.475. The summed E-state index contributed by atoms with van der Waals surface area (Å²) in [6.07, 6.45) is 2.17. The Bertz CT molecular complexity index is 456. The first-order chi connectivity index (χ1) is 8.32. The first kappa shape index (κ1) is 14.7. The lowest BCUT2D eigenvalue weighted by Crippen LogP contribution is -2.30. The predicted octanol–water partition coefficient (Wildman–Crippen LogP) is 2.18. The van der Waals surface area contributed by atoms with E-state index >= 15 is 0 Å². The normalized spacial score (nSPS) is 12.2. The molecule has 1 amide bonds. The second kappa shape index (κ2) is 5.99. The summed E-state index contributed by atoms with van der Waals surface area (Å²) in [5.74, 6) is -0.209. The van der Waals surface area contributed by atoms with Gasteiger partial charge in [-0.3, -0.25) is 14.9 Å². The summed E-state index contributed by atoms with van der Waals surface area (Å²) >= 11 is 3.41. The molecule has 1 unspecified atom stereocenters. The molecule has 1 atom stereocenters. The number of amides is 1. The fourth-order valence-corrected chi connectivity index (χ4v) is 1.73. The first-order valence-corrected chi connectivity index (χ1v) is 6.44. The Hall–Kier alpha value is -1.37. The summed E-state index contributed by atoms with van der Waals surface area (Å²) in [7, 11) is 3.32. The number of alkyl halides is 1. The van der Waals surface area contributed by atoms with Gasteiger partial charge in [-0.15, -0.1) is 0 Å². The molecule has 1 aromatic heterocycles. The molecule has 18 heavy (non-hydrogen) atoms. The van der Waals surface area contributed by atoms with Crippen LogP contribution in [0.5, 0.6) is 0 Å². The van der Waals surface area contributed by atoms with E-state index < -0.39 is 4.92 Å². The van der Waals surface area contributed by atoms with Gasteiger partial charge >= 0.3 is 0 Å². The van der Waals surface area contributed by atoms with Gasteiger partial charge in [-0.2, -0.15) is 0 Å². The number of aryl methyl sites for hydroxylation is 1. The highest BCUT2D eigenvalue weighted by molar-refractivity contribution is 9.09. The Kier molecular flexibility index (Phi) is 4.89. The summed E-state index contributed by atoms with van der Waals surface area (Å²) in [6.45, 7) is 2.61. The standard InChI is InChI=1S/C11H16BrN3O3/c1-8(12)4-5-13(2)11(16)10-6-9(15(17)18)7-14(10)3/h6-8H,4-5H2,1-3H3. The number of hydrogen-bond donors (Lipinski definition) is 0. The van der Waals surface area contributed by atoms with Crippen molar-refractivity contribution in [2.24, 2.45) is 7.05 Å². The molecule has 1 aromatic rings. The van der Waals surface area contributed by atoms with E-state index in [2.05, 4.69) is 15.9 Å². The van der Waals surface area contributed by atoms with Crippen LogP contribution in [0.1, 0.15) is 23.8 Å². The molecule has 6 nitrogen and oxygen atoms in total. The third-order valence-electron chi connectivity index (χ3n) is 2.63. The molecule has 0 radical (unpaired) electrons. The topological polar surface area (TPSA) is 68.4 Å². The number of hydrogen-bond acceptors (Lipinski definition) is 3. The van der Waals surface area contributed by atoms with E-state index in [1.165, 1.54) is 16.8 Å². The van der Waals surface area contributed by atoms with Crippen LogP contribution in [0, 0.1) is 10.1 Å². The van der Waals surface area contributed by atoms with Gasteiger partial charge in [0.15, 0.2) is 0 Å². The Morgan fingerprint density at radius 1 is 1.67 bits per heavy atom. The number of aromatic nitrogens is 1. The Balaban J connectivity index is 2.80. The van der Waals surface area contributed by atoms with Gasteiger partial charge in [0.1, 0.15) is 5.69 Å². The molecule has 0 saturated carbocycles. The van der Waals surface area contributed by atoms with Crippen molar-refractivity contribution in [3.05, 3.63) is 28.1 Å². The fraction of sp³-hybridized carbons (Fsp3) is 0.545. The van der Waals surface area contributed by atoms with E-state index in [-0.39, 0.29) is 11.6 Å². The van der Waals surface area contributed by atoms with E-state index in [1.807, 2.05) is 6.92 Å². The predicted molar refractivity (Wildman–Crippen MR) is 72.0 cm³/mol. The summed E-state index contributed by atoms with van der Waals surface area (Å²) in [4.78, 5) is 24.1. The summed E-state index contributed by atoms with van der Waals surface area (Å²) in [5, 5.41) is 10.6. The SMILES string of the molecule is CC(Br)CCN(C)C(=O)c1cc([N+](=O)[O-])cn1C. The smallest absolute Gasteiger partial charge is 0.287 e. The van der Waals surface area contributed by atoms with E-state index in [0.717, 1.165) is 6.42 Å². The van der Waals surface area contributed by atoms with Crippen LogP contribution in [0.3, 0.4) is 0 Å². The molecular formula is C11H16BrN3O3. The van der Waals surface area contributed by atoms with Crippen LogP contribution in [0.2, 0.25) is 0 Å². The molecule has 1 rings (SSSR count). The van der Waals surface area contributed by atoms with Gasteiger partial charge in [0.2, 0.25) is 0 Å². The molecular weight excluding hydrogens is 302 g/mol. The van der Waals surface area contributed by atoms with Crippen molar-refractivity contribution >= 4 is 27.5 Å². The maximum Gasteiger partial charge on any atom is 0.287 e. The second-order valence-corrected chi connectivity index (χ2v) is 5.81. The lowest BCUT2D eigenvalue weighted by atomic mass is 10.3. The van der Waals surface area contributed by atoms with Crippen molar-refractivity contribution in [3.63, 3.8) is 0 Å². The van der Waals surface area contributed by atoms with Crippen LogP contribution < -0.4 is 0 Å². The van der Waals surface area contributed by atoms with Crippen molar-refractivity contribution in [3.8, 4) is 0 Å². The largest absolute Gasteiger partial charge is 0.340 e. The molecule has 1 heterocycles. The van der Waals surface area contributed by atoms with Crippen molar-refractivity contribution in [2.45, 2.75) is 18.2 Å². The maximum absolute atomic E-state index is 12.1. The van der Waals surface area contributed by atoms with E-state index in [1.54, 1.807) is 19.0 Å². The van der Waals surface area contributed by atoms with Gasteiger partial charge in [0.05, 0.1) is 11.1 Å². The third kappa shape index (κ3) is 3.56. The zero-order chi connectivity index (χ0) is 13.9. The van der Waals surface area contributed by atoms with Crippen molar-refractivity contribution in [1.82, 2.24) is 9.47 Å². The van der Waals surface area contributed by atoms with Gasteiger partial charge in [-0.1, -0.05) is 22.9 Å². The molecule has 7 heteroatoms. The summed E-state index contributed by atoms with van der Waals surface area (Å²) in [5.41, 5.74) is 0.259. The molecule has 0 aliphatic rings. The highest BCUT2D eigenvalue weighted by atomic mass is 79.9. The van der Waals surface area contributed by atoms with Crippen molar-refractivity contribution in [2.75, 3.05) is 13.6 Å². The Morgan fingerprint density at radius 2 is 2.28 bits per heavy atom. The zero-order valence-corrected chi connectivity index (χ0v) is 12.2. The first-order valence-electron chi connectivity index (χ1n) is 5.53. The Morgan fingerprint density at radius 3 is 2.72 bits per heavy atom. The van der Waals surface area contributed by atoms with Crippen LogP contribution in [-0.4, -0.2) is 38.7 Å². The molecule has 0 bridgehead atoms. The number of nitrogens with zero attached hydrogens (tertiary/aromatic N) is 3. The number of carbonyl (C=O) groups is 1. The number of halogens is 1. The van der Waals surface area contributed by atoms with Gasteiger partial charge in [0, 0.05) is 31.5 Å². The van der Waals surface area contributed by atoms with Gasteiger partial charge < -0.3 is 9.47 Å². The Labute approximate surface area is 114 Å². The second-order valence-electron chi connectivity index (χ2n) is 4.25. The number of carbonyl (C=O) groups excluding carboxylic acids is 1. The van der Waals surface area contributed by atoms with Crippen molar-refractivity contribution in [1.29, 1.82) is 0 Å². The van der Waals surface area contributed by atoms with Crippen LogP contribution in [0.4, 0.5) is 5.69 Å². The maximum atomic E-state index is 12.1. The third-order valence-corrected chi connectivity index (χ3v) is 3.09. The molecule has 0 aliphatic carbocycles. The molecule has 0 saturated heterocycles. The lowest BCUT2D eigenvalue weighted by Gasteiger charge is -2.17. The highest BCUT2D eigenvalue weighted by Gasteiger charge is 2.20. The number of nitro groups is 1. The average molecular weight is 318 g/mol. The van der Waals surface area contributed by atoms with E-state index in [0.29, 0.717) is 17.1 Å². The molecule has 0 aromatic carbocycles. The van der Waals surface area contributed by atoms with E-state index in [4.69, 9.17) is 0 Å². The number of rotatable bonds is 5. The van der Waals surface area contributed by atoms with Crippen molar-refractivity contribution < 1.29 is 9.72 Å². The summed E-state index contributed by atoms with van der Waals surface area (Å²) < 4.78 is 1.48. The van der Waals surface area contributed by atoms with E-state index in [9.17, 15) is 14.9 Å². The molecule has 0 aliphatic heterocycles. The monoisotopic (exact) mass is 317 g/mol. The molecule has 0 fully saturated rings. The zero-order valence-electron chi connectivity index (χ0n) is 10.6. The van der Waals surface area contributed by atoms with Gasteiger partial charge in [0.25, 0.3) is 11.6 Å². The summed E-state index contributed by atoms with van der Waals surface area (Å²) in [6, 6.07) is 1.30. The fourth-order valence-electron chi connectivity index (χ4n) is 1.53. The van der Waals surface area contributed by atoms with Gasteiger partial charge in [-0.05, 0) is 6.42 Å². The highest BCUT2D eigenvalue weighted by Crippen LogP contribution is 2.16. The van der Waals surface area contributed by atoms with Crippen LogP contribution in [0.25, 0.3) is 0 Å². The van der Waals surface area contributed by atoms with Crippen LogP contribution >= 0.6 is 15.9 Å². The molecule has 0 N–H and O–H groups in total. The van der Waals surface area contributed by atoms with Crippen LogP contribution in [0.15, 0.2) is 12.3 Å². The molecule has 100 valence electrons. The minimum absolute atomic E-state index is 0.0666. The van der Waals surface area contributed by atoms with Crippen LogP contribution in [-0.2, 0) is 7.05 Å². The average Bonchev–Trinajstić information content (AvgIpc) is 2.67. The van der Waals surface area contributed by atoms with Gasteiger partial charge in [-0.25, -0.2) is 0 Å². The minimum Gasteiger partial charge on any atom is -0.340 e. The molecule has 0 spiro atoms. The minimum atomic E-state index is -0.503. The lowest BCUT2D eigenvalue weighted by molar-refractivity contribution is -0.384.